The molecule has 0 radical (unpaired) electrons. The summed E-state index contributed by atoms with van der Waals surface area (Å²) in [6, 6.07) is 0. The third-order valence-corrected chi connectivity index (χ3v) is 6.14. The van der Waals surface area contributed by atoms with Gasteiger partial charge in [0, 0.05) is 37.5 Å². The van der Waals surface area contributed by atoms with Gasteiger partial charge in [-0.2, -0.15) is 0 Å². The molecule has 2 saturated heterocycles. The fraction of sp³-hybridized carbons (Fsp3) is 0.722. The standard InChI is InChI=1S/C18H27N3O2S/c1-2-16-19-15(13-24-16)12-17(22)20-10-6-14(7-11-20)18(23)21-8-4-3-5-9-21/h13-14H,2-12H2,1H3. The number of carbonyl (C=O) groups is 2. The van der Waals surface area contributed by atoms with E-state index < -0.39 is 0 Å². The summed E-state index contributed by atoms with van der Waals surface area (Å²) in [5.41, 5.74) is 0.883. The zero-order chi connectivity index (χ0) is 16.9. The minimum Gasteiger partial charge on any atom is -0.342 e. The summed E-state index contributed by atoms with van der Waals surface area (Å²) in [6.07, 6.45) is 6.43. The molecule has 132 valence electrons. The molecule has 0 atom stereocenters. The number of nitrogens with zero attached hydrogens (tertiary/aromatic N) is 3. The molecule has 0 saturated carbocycles. The number of rotatable bonds is 4. The molecule has 0 bridgehead atoms. The van der Waals surface area contributed by atoms with Crippen LogP contribution >= 0.6 is 11.3 Å². The monoisotopic (exact) mass is 349 g/mol. The lowest BCUT2D eigenvalue weighted by molar-refractivity contribution is -0.141. The highest BCUT2D eigenvalue weighted by Gasteiger charge is 2.30. The molecule has 24 heavy (non-hydrogen) atoms. The smallest absolute Gasteiger partial charge is 0.228 e. The van der Waals surface area contributed by atoms with E-state index in [1.807, 2.05) is 15.2 Å². The molecule has 5 nitrogen and oxygen atoms in total. The minimum absolute atomic E-state index is 0.109. The van der Waals surface area contributed by atoms with Gasteiger partial charge >= 0.3 is 0 Å². The van der Waals surface area contributed by atoms with Crippen LogP contribution in [0.25, 0.3) is 0 Å². The first-order valence-corrected chi connectivity index (χ1v) is 10.0. The summed E-state index contributed by atoms with van der Waals surface area (Å²) >= 11 is 1.63. The van der Waals surface area contributed by atoms with Crippen molar-refractivity contribution in [2.75, 3.05) is 26.2 Å². The van der Waals surface area contributed by atoms with Crippen LogP contribution in [0.3, 0.4) is 0 Å². The van der Waals surface area contributed by atoms with Gasteiger partial charge in [0.25, 0.3) is 0 Å². The van der Waals surface area contributed by atoms with Crippen molar-refractivity contribution in [1.29, 1.82) is 0 Å². The van der Waals surface area contributed by atoms with Crippen LogP contribution in [0.5, 0.6) is 0 Å². The summed E-state index contributed by atoms with van der Waals surface area (Å²) in [7, 11) is 0. The largest absolute Gasteiger partial charge is 0.342 e. The van der Waals surface area contributed by atoms with Crippen LogP contribution in [-0.2, 0) is 22.4 Å². The Bertz CT molecular complexity index is 573. The molecular formula is C18H27N3O2S. The molecule has 6 heteroatoms. The van der Waals surface area contributed by atoms with Gasteiger partial charge in [0.1, 0.15) is 0 Å². The summed E-state index contributed by atoms with van der Waals surface area (Å²) in [5, 5.41) is 3.08. The summed E-state index contributed by atoms with van der Waals surface area (Å²) in [5.74, 6) is 0.568. The molecule has 0 unspecified atom stereocenters. The first-order chi connectivity index (χ1) is 11.7. The van der Waals surface area contributed by atoms with Crippen LogP contribution in [0.4, 0.5) is 0 Å². The van der Waals surface area contributed by atoms with Crippen molar-refractivity contribution in [1.82, 2.24) is 14.8 Å². The van der Waals surface area contributed by atoms with Gasteiger partial charge in [-0.15, -0.1) is 11.3 Å². The summed E-state index contributed by atoms with van der Waals surface area (Å²) < 4.78 is 0. The van der Waals surface area contributed by atoms with Crippen LogP contribution in [0.15, 0.2) is 5.38 Å². The zero-order valence-electron chi connectivity index (χ0n) is 14.5. The Hall–Kier alpha value is -1.43. The number of amides is 2. The van der Waals surface area contributed by atoms with E-state index in [9.17, 15) is 9.59 Å². The Morgan fingerprint density at radius 2 is 1.83 bits per heavy atom. The lowest BCUT2D eigenvalue weighted by atomic mass is 9.94. The maximum Gasteiger partial charge on any atom is 0.228 e. The second-order valence-corrected chi connectivity index (χ2v) is 7.75. The molecule has 2 aliphatic heterocycles. The predicted octanol–water partition coefficient (Wildman–Crippen LogP) is 2.50. The molecule has 1 aromatic heterocycles. The van der Waals surface area contributed by atoms with Crippen molar-refractivity contribution in [3.63, 3.8) is 0 Å². The Kier molecular flexibility index (Phi) is 5.87. The number of hydrogen-bond donors (Lipinski definition) is 0. The maximum atomic E-state index is 12.6. The fourth-order valence-corrected chi connectivity index (χ4v) is 4.35. The van der Waals surface area contributed by atoms with Crippen molar-refractivity contribution in [2.45, 2.75) is 51.9 Å². The SMILES string of the molecule is CCc1nc(CC(=O)N2CCC(C(=O)N3CCCCC3)CC2)cs1. The molecule has 2 aliphatic rings. The third kappa shape index (κ3) is 4.15. The van der Waals surface area contributed by atoms with Gasteiger partial charge in [-0.3, -0.25) is 9.59 Å². The number of thiazole rings is 1. The average Bonchev–Trinajstić information content (AvgIpc) is 3.09. The van der Waals surface area contributed by atoms with Crippen LogP contribution in [0.2, 0.25) is 0 Å². The Balaban J connectivity index is 1.47. The van der Waals surface area contributed by atoms with E-state index in [1.54, 1.807) is 11.3 Å². The molecular weight excluding hydrogens is 322 g/mol. The third-order valence-electron chi connectivity index (χ3n) is 5.10. The van der Waals surface area contributed by atoms with Crippen molar-refractivity contribution in [3.05, 3.63) is 16.1 Å². The van der Waals surface area contributed by atoms with Gasteiger partial charge in [-0.25, -0.2) is 4.98 Å². The lowest BCUT2D eigenvalue weighted by Crippen LogP contribution is -2.46. The molecule has 0 aromatic carbocycles. The minimum atomic E-state index is 0.109. The molecule has 2 fully saturated rings. The van der Waals surface area contributed by atoms with E-state index in [-0.39, 0.29) is 11.8 Å². The number of likely N-dealkylation sites (tertiary alicyclic amines) is 2. The fourth-order valence-electron chi connectivity index (χ4n) is 3.61. The van der Waals surface area contributed by atoms with E-state index in [0.29, 0.717) is 25.4 Å². The second kappa shape index (κ2) is 8.10. The number of piperidine rings is 2. The van der Waals surface area contributed by atoms with E-state index >= 15 is 0 Å². The van der Waals surface area contributed by atoms with Crippen molar-refractivity contribution < 1.29 is 9.59 Å². The average molecular weight is 350 g/mol. The quantitative estimate of drug-likeness (QED) is 0.839. The molecule has 3 heterocycles. The molecule has 2 amide bonds. The normalized spacial score (nSPS) is 19.5. The van der Waals surface area contributed by atoms with Crippen LogP contribution in [0.1, 0.15) is 49.7 Å². The first kappa shape index (κ1) is 17.4. The van der Waals surface area contributed by atoms with Gasteiger partial charge in [0.05, 0.1) is 17.1 Å². The summed E-state index contributed by atoms with van der Waals surface area (Å²) in [6.45, 7) is 5.32. The molecule has 1 aromatic rings. The van der Waals surface area contributed by atoms with Gasteiger partial charge in [-0.05, 0) is 38.5 Å². The highest BCUT2D eigenvalue weighted by Crippen LogP contribution is 2.22. The van der Waals surface area contributed by atoms with Crippen molar-refractivity contribution >= 4 is 23.2 Å². The molecule has 0 N–H and O–H groups in total. The molecule has 0 spiro atoms. The Labute approximate surface area is 148 Å². The zero-order valence-corrected chi connectivity index (χ0v) is 15.3. The number of carbonyl (C=O) groups excluding carboxylic acids is 2. The van der Waals surface area contributed by atoms with Crippen molar-refractivity contribution in [3.8, 4) is 0 Å². The van der Waals surface area contributed by atoms with Gasteiger partial charge in [0.2, 0.25) is 11.8 Å². The number of aryl methyl sites for hydroxylation is 1. The van der Waals surface area contributed by atoms with Crippen molar-refractivity contribution in [2.24, 2.45) is 5.92 Å². The lowest BCUT2D eigenvalue weighted by Gasteiger charge is -2.35. The van der Waals surface area contributed by atoms with E-state index in [2.05, 4.69) is 11.9 Å². The second-order valence-electron chi connectivity index (χ2n) is 6.80. The van der Waals surface area contributed by atoms with E-state index in [4.69, 9.17) is 0 Å². The Morgan fingerprint density at radius 1 is 1.12 bits per heavy atom. The topological polar surface area (TPSA) is 53.5 Å². The maximum absolute atomic E-state index is 12.6. The van der Waals surface area contributed by atoms with E-state index in [1.165, 1.54) is 6.42 Å². The number of hydrogen-bond acceptors (Lipinski definition) is 4. The van der Waals surface area contributed by atoms with Gasteiger partial charge in [0.15, 0.2) is 0 Å². The predicted molar refractivity (Wildman–Crippen MR) is 94.9 cm³/mol. The molecule has 0 aliphatic carbocycles. The van der Waals surface area contributed by atoms with E-state index in [0.717, 1.165) is 55.9 Å². The summed E-state index contributed by atoms with van der Waals surface area (Å²) in [4.78, 5) is 33.4. The van der Waals surface area contributed by atoms with Crippen LogP contribution in [-0.4, -0.2) is 52.8 Å². The van der Waals surface area contributed by atoms with Crippen LogP contribution in [0, 0.1) is 5.92 Å². The highest BCUT2D eigenvalue weighted by atomic mass is 32.1. The van der Waals surface area contributed by atoms with Gasteiger partial charge in [-0.1, -0.05) is 6.92 Å². The molecule has 3 rings (SSSR count). The number of aromatic nitrogens is 1. The first-order valence-electron chi connectivity index (χ1n) is 9.17. The highest BCUT2D eigenvalue weighted by molar-refractivity contribution is 7.09. The van der Waals surface area contributed by atoms with Gasteiger partial charge < -0.3 is 9.80 Å². The van der Waals surface area contributed by atoms with Crippen LogP contribution < -0.4 is 0 Å². The Morgan fingerprint density at radius 3 is 2.46 bits per heavy atom.